The maximum absolute atomic E-state index is 12.8. The van der Waals surface area contributed by atoms with Gasteiger partial charge in [-0.25, -0.2) is 8.42 Å². The average molecular weight is 550 g/mol. The van der Waals surface area contributed by atoms with Crippen LogP contribution in [0.4, 0.5) is 5.69 Å². The van der Waals surface area contributed by atoms with E-state index in [0.29, 0.717) is 27.5 Å². The number of ether oxygens (including phenoxy) is 1. The number of benzene rings is 2. The number of rotatable bonds is 7. The second-order valence-corrected chi connectivity index (χ2v) is 11.7. The number of nitrogens with zero attached hydrogens (tertiary/aromatic N) is 3. The molecule has 0 N–H and O–H groups in total. The number of carbonyl (C=O) groups is 3. The van der Waals surface area contributed by atoms with E-state index in [0.717, 1.165) is 29.7 Å². The Labute approximate surface area is 216 Å². The minimum atomic E-state index is -4.09. The Bertz CT molecular complexity index is 1510. The highest BCUT2D eigenvalue weighted by Crippen LogP contribution is 2.27. The Morgan fingerprint density at radius 1 is 1.14 bits per heavy atom. The van der Waals surface area contributed by atoms with Crippen molar-refractivity contribution in [2.45, 2.75) is 26.3 Å². The van der Waals surface area contributed by atoms with Crippen molar-refractivity contribution in [2.75, 3.05) is 29.6 Å². The van der Waals surface area contributed by atoms with Crippen molar-refractivity contribution < 1.29 is 27.5 Å². The SMILES string of the molecule is CCOC(=O)Cn1c(=NC(=O)CS(=O)(=O)CC(=O)N2CCCc3ccccc32)sc2cc(Cl)ccc21. The zero-order chi connectivity index (χ0) is 25.9. The number of hydrogen-bond donors (Lipinski definition) is 0. The third-order valence-corrected chi connectivity index (χ3v) is 8.21. The van der Waals surface area contributed by atoms with Crippen LogP contribution in [0.2, 0.25) is 5.02 Å². The molecule has 0 saturated carbocycles. The lowest BCUT2D eigenvalue weighted by Crippen LogP contribution is -2.40. The standard InChI is InChI=1S/C24H24ClN3O6S2/c1-2-34-23(31)13-28-19-10-9-17(25)12-20(19)35-24(28)26-21(29)14-36(32,33)15-22(30)27-11-5-7-16-6-3-4-8-18(16)27/h3-4,6,8-10,12H,2,5,7,11,13-15H2,1H3. The van der Waals surface area contributed by atoms with Crippen LogP contribution < -0.4 is 9.70 Å². The molecule has 190 valence electrons. The van der Waals surface area contributed by atoms with Gasteiger partial charge in [-0.05, 0) is 49.6 Å². The monoisotopic (exact) mass is 549 g/mol. The third kappa shape index (κ3) is 6.03. The van der Waals surface area contributed by atoms with Crippen molar-refractivity contribution in [3.05, 3.63) is 57.9 Å². The highest BCUT2D eigenvalue weighted by atomic mass is 35.5. The summed E-state index contributed by atoms with van der Waals surface area (Å²) >= 11 is 7.16. The van der Waals surface area contributed by atoms with Crippen LogP contribution in [0.25, 0.3) is 10.2 Å². The summed E-state index contributed by atoms with van der Waals surface area (Å²) in [6.45, 7) is 2.08. The number of carbonyl (C=O) groups excluding carboxylic acids is 3. The summed E-state index contributed by atoms with van der Waals surface area (Å²) in [6.07, 6.45) is 1.55. The zero-order valence-electron chi connectivity index (χ0n) is 19.5. The molecule has 0 atom stereocenters. The Balaban J connectivity index is 1.55. The van der Waals surface area contributed by atoms with Gasteiger partial charge >= 0.3 is 5.97 Å². The molecule has 0 fully saturated rings. The fraction of sp³-hybridized carbons (Fsp3) is 0.333. The number of aryl methyl sites for hydroxylation is 1. The molecule has 36 heavy (non-hydrogen) atoms. The molecular weight excluding hydrogens is 526 g/mol. The summed E-state index contributed by atoms with van der Waals surface area (Å²) in [5.74, 6) is -3.77. The van der Waals surface area contributed by atoms with Gasteiger partial charge in [-0.3, -0.25) is 14.4 Å². The molecule has 4 rings (SSSR count). The smallest absolute Gasteiger partial charge is 0.326 e. The lowest BCUT2D eigenvalue weighted by molar-refractivity contribution is -0.143. The predicted octanol–water partition coefficient (Wildman–Crippen LogP) is 2.74. The first-order chi connectivity index (χ1) is 17.2. The van der Waals surface area contributed by atoms with Crippen LogP contribution in [-0.4, -0.2) is 55.4 Å². The molecule has 1 aromatic heterocycles. The van der Waals surface area contributed by atoms with Crippen LogP contribution in [0.1, 0.15) is 18.9 Å². The summed E-state index contributed by atoms with van der Waals surface area (Å²) in [7, 11) is -4.09. The van der Waals surface area contributed by atoms with Crippen LogP contribution in [-0.2, 0) is 41.9 Å². The molecule has 2 heterocycles. The molecule has 0 bridgehead atoms. The number of halogens is 1. The quantitative estimate of drug-likeness (QED) is 0.419. The largest absolute Gasteiger partial charge is 0.465 e. The molecular formula is C24H24ClN3O6S2. The Morgan fingerprint density at radius 3 is 2.69 bits per heavy atom. The van der Waals surface area contributed by atoms with Crippen molar-refractivity contribution in [3.63, 3.8) is 0 Å². The minimum Gasteiger partial charge on any atom is -0.465 e. The number of hydrogen-bond acceptors (Lipinski definition) is 7. The summed E-state index contributed by atoms with van der Waals surface area (Å²) in [5, 5.41) is 0.463. The van der Waals surface area contributed by atoms with E-state index in [1.165, 1.54) is 9.47 Å². The summed E-state index contributed by atoms with van der Waals surface area (Å²) in [4.78, 5) is 43.2. The lowest BCUT2D eigenvalue weighted by Gasteiger charge is -2.29. The van der Waals surface area contributed by atoms with Crippen molar-refractivity contribution in [1.82, 2.24) is 4.57 Å². The molecule has 1 aliphatic rings. The number of para-hydroxylation sites is 1. The van der Waals surface area contributed by atoms with E-state index in [1.54, 1.807) is 37.3 Å². The van der Waals surface area contributed by atoms with Crippen LogP contribution in [0.5, 0.6) is 0 Å². The van der Waals surface area contributed by atoms with Crippen LogP contribution in [0.3, 0.4) is 0 Å². The van der Waals surface area contributed by atoms with Crippen molar-refractivity contribution in [2.24, 2.45) is 4.99 Å². The van der Waals surface area contributed by atoms with Crippen molar-refractivity contribution >= 4 is 66.5 Å². The Kier molecular flexibility index (Phi) is 7.91. The van der Waals surface area contributed by atoms with E-state index in [2.05, 4.69) is 4.99 Å². The average Bonchev–Trinajstić information content (AvgIpc) is 3.13. The molecule has 0 spiro atoms. The maximum Gasteiger partial charge on any atom is 0.326 e. The summed E-state index contributed by atoms with van der Waals surface area (Å²) in [6, 6.07) is 12.4. The van der Waals surface area contributed by atoms with E-state index in [4.69, 9.17) is 16.3 Å². The third-order valence-electron chi connectivity index (χ3n) is 5.56. The van der Waals surface area contributed by atoms with Crippen LogP contribution in [0, 0.1) is 0 Å². The van der Waals surface area contributed by atoms with Gasteiger partial charge in [0.25, 0.3) is 5.91 Å². The first-order valence-electron chi connectivity index (χ1n) is 11.3. The number of amides is 2. The van der Waals surface area contributed by atoms with E-state index >= 15 is 0 Å². The van der Waals surface area contributed by atoms with Gasteiger partial charge in [0.1, 0.15) is 18.1 Å². The van der Waals surface area contributed by atoms with E-state index in [-0.39, 0.29) is 18.0 Å². The van der Waals surface area contributed by atoms with Gasteiger partial charge in [0.15, 0.2) is 14.6 Å². The van der Waals surface area contributed by atoms with E-state index in [9.17, 15) is 22.8 Å². The second kappa shape index (κ2) is 10.9. The molecule has 3 aromatic rings. The molecule has 0 saturated heterocycles. The normalized spacial score (nSPS) is 14.1. The van der Waals surface area contributed by atoms with Gasteiger partial charge < -0.3 is 14.2 Å². The molecule has 0 aliphatic carbocycles. The first kappa shape index (κ1) is 26.1. The van der Waals surface area contributed by atoms with Crippen LogP contribution >= 0.6 is 22.9 Å². The van der Waals surface area contributed by atoms with E-state index in [1.807, 2.05) is 12.1 Å². The second-order valence-electron chi connectivity index (χ2n) is 8.20. The highest BCUT2D eigenvalue weighted by molar-refractivity contribution is 7.92. The van der Waals surface area contributed by atoms with Gasteiger partial charge in [0.05, 0.1) is 16.8 Å². The number of esters is 1. The molecule has 0 unspecified atom stereocenters. The number of aromatic nitrogens is 1. The molecule has 9 nitrogen and oxygen atoms in total. The molecule has 0 radical (unpaired) electrons. The van der Waals surface area contributed by atoms with E-state index < -0.39 is 39.1 Å². The molecule has 2 aromatic carbocycles. The lowest BCUT2D eigenvalue weighted by atomic mass is 10.0. The Morgan fingerprint density at radius 2 is 1.92 bits per heavy atom. The number of sulfone groups is 1. The van der Waals surface area contributed by atoms with Gasteiger partial charge in [-0.2, -0.15) is 4.99 Å². The van der Waals surface area contributed by atoms with Crippen LogP contribution in [0.15, 0.2) is 47.5 Å². The maximum atomic E-state index is 12.8. The highest BCUT2D eigenvalue weighted by Gasteiger charge is 2.28. The Hall–Kier alpha value is -3.02. The summed E-state index contributed by atoms with van der Waals surface area (Å²) in [5.41, 5.74) is 2.28. The number of thiazole rings is 1. The van der Waals surface area contributed by atoms with Crippen molar-refractivity contribution in [3.8, 4) is 0 Å². The first-order valence-corrected chi connectivity index (χ1v) is 14.3. The summed E-state index contributed by atoms with van der Waals surface area (Å²) < 4.78 is 32.6. The molecule has 2 amide bonds. The fourth-order valence-corrected chi connectivity index (χ4v) is 6.46. The van der Waals surface area contributed by atoms with Gasteiger partial charge in [-0.15, -0.1) is 0 Å². The van der Waals surface area contributed by atoms with Gasteiger partial charge in [0, 0.05) is 17.3 Å². The molecule has 1 aliphatic heterocycles. The van der Waals surface area contributed by atoms with Gasteiger partial charge in [-0.1, -0.05) is 41.1 Å². The fourth-order valence-electron chi connectivity index (χ4n) is 4.06. The number of anilines is 1. The van der Waals surface area contributed by atoms with Crippen molar-refractivity contribution in [1.29, 1.82) is 0 Å². The zero-order valence-corrected chi connectivity index (χ0v) is 21.9. The predicted molar refractivity (Wildman–Crippen MR) is 138 cm³/mol. The topological polar surface area (TPSA) is 115 Å². The minimum absolute atomic E-state index is 0.136. The number of fused-ring (bicyclic) bond motifs is 2. The van der Waals surface area contributed by atoms with Gasteiger partial charge in [0.2, 0.25) is 5.91 Å². The molecule has 12 heteroatoms.